The average molecular weight is 437 g/mol. The second kappa shape index (κ2) is 10.9. The molecule has 0 atom stereocenters. The molecule has 1 heterocycles. The molecular formula is C25H32N4O3. The molecule has 2 aromatic carbocycles. The van der Waals surface area contributed by atoms with Crippen LogP contribution in [0, 0.1) is 12.8 Å². The topological polar surface area (TPSA) is 85.2 Å². The van der Waals surface area contributed by atoms with Crippen molar-refractivity contribution in [3.05, 3.63) is 59.4 Å². The summed E-state index contributed by atoms with van der Waals surface area (Å²) in [5.41, 5.74) is 3.63. The molecule has 0 spiro atoms. The van der Waals surface area contributed by atoms with Crippen LogP contribution in [-0.4, -0.2) is 41.1 Å². The lowest BCUT2D eigenvalue weighted by Crippen LogP contribution is -2.26. The molecule has 7 heteroatoms. The van der Waals surface area contributed by atoms with Gasteiger partial charge in [-0.3, -0.25) is 9.59 Å². The molecule has 0 unspecified atom stereocenters. The molecule has 3 rings (SSSR count). The van der Waals surface area contributed by atoms with Crippen LogP contribution in [0.25, 0.3) is 11.0 Å². The van der Waals surface area contributed by atoms with Crippen LogP contribution in [0.2, 0.25) is 0 Å². The third-order valence-electron chi connectivity index (χ3n) is 5.21. The van der Waals surface area contributed by atoms with Gasteiger partial charge in [0.15, 0.2) is 0 Å². The highest BCUT2D eigenvalue weighted by molar-refractivity contribution is 6.07. The summed E-state index contributed by atoms with van der Waals surface area (Å²) in [7, 11) is 0. The van der Waals surface area contributed by atoms with Crippen molar-refractivity contribution in [1.82, 2.24) is 14.9 Å². The molecule has 7 nitrogen and oxygen atoms in total. The van der Waals surface area contributed by atoms with E-state index in [0.29, 0.717) is 43.1 Å². The van der Waals surface area contributed by atoms with Gasteiger partial charge in [0, 0.05) is 37.9 Å². The molecule has 1 aromatic heterocycles. The first-order chi connectivity index (χ1) is 15.4. The number of anilines is 1. The third kappa shape index (κ3) is 5.73. The van der Waals surface area contributed by atoms with Gasteiger partial charge in [-0.2, -0.15) is 0 Å². The number of benzene rings is 2. The Morgan fingerprint density at radius 1 is 1.16 bits per heavy atom. The van der Waals surface area contributed by atoms with Crippen molar-refractivity contribution < 1.29 is 14.3 Å². The number of amides is 2. The number of imidazole rings is 1. The molecule has 0 radical (unpaired) electrons. The highest BCUT2D eigenvalue weighted by atomic mass is 16.5. The monoisotopic (exact) mass is 436 g/mol. The number of nitrogens with zero attached hydrogens (tertiary/aromatic N) is 2. The summed E-state index contributed by atoms with van der Waals surface area (Å²) in [6.07, 6.45) is 0.731. The Hall–Kier alpha value is -3.19. The predicted octanol–water partition coefficient (Wildman–Crippen LogP) is 4.14. The summed E-state index contributed by atoms with van der Waals surface area (Å²) in [4.78, 5) is 30.1. The first-order valence-electron chi connectivity index (χ1n) is 11.1. The summed E-state index contributed by atoms with van der Waals surface area (Å²) in [5, 5.41) is 5.88. The summed E-state index contributed by atoms with van der Waals surface area (Å²) >= 11 is 0. The van der Waals surface area contributed by atoms with Gasteiger partial charge in [0.25, 0.3) is 5.91 Å². The molecule has 2 N–H and O–H groups in total. The fourth-order valence-electron chi connectivity index (χ4n) is 3.49. The van der Waals surface area contributed by atoms with E-state index in [4.69, 9.17) is 9.72 Å². The highest BCUT2D eigenvalue weighted by Crippen LogP contribution is 2.26. The first-order valence-corrected chi connectivity index (χ1v) is 11.1. The van der Waals surface area contributed by atoms with Gasteiger partial charge in [0.1, 0.15) is 5.82 Å². The van der Waals surface area contributed by atoms with E-state index in [0.717, 1.165) is 23.3 Å². The molecule has 0 aliphatic heterocycles. The number of hydrogen-bond donors (Lipinski definition) is 2. The van der Waals surface area contributed by atoms with Crippen molar-refractivity contribution in [3.8, 4) is 0 Å². The quantitative estimate of drug-likeness (QED) is 0.468. The lowest BCUT2D eigenvalue weighted by atomic mass is 10.1. The number of aromatic nitrogens is 2. The molecule has 3 aromatic rings. The van der Waals surface area contributed by atoms with Crippen molar-refractivity contribution in [1.29, 1.82) is 0 Å². The van der Waals surface area contributed by atoms with E-state index in [2.05, 4.69) is 22.8 Å². The lowest BCUT2D eigenvalue weighted by Gasteiger charge is -2.14. The maximum Gasteiger partial charge on any atom is 0.253 e. The normalized spacial score (nSPS) is 11.2. The molecule has 0 aliphatic rings. The van der Waals surface area contributed by atoms with E-state index in [1.54, 1.807) is 6.07 Å². The Bertz CT molecular complexity index is 1070. The molecular weight excluding hydrogens is 404 g/mol. The Kier molecular flexibility index (Phi) is 8.00. The first kappa shape index (κ1) is 23.5. The van der Waals surface area contributed by atoms with Crippen LogP contribution in [0.1, 0.15) is 48.9 Å². The second-order valence-electron chi connectivity index (χ2n) is 8.07. The molecule has 0 fully saturated rings. The zero-order chi connectivity index (χ0) is 23.1. The number of carbonyl (C=O) groups excluding carboxylic acids is 2. The standard InChI is InChI=1S/C25H32N4O3/c1-5-32-13-9-12-26-25(31)21-14-20(28-24(30)17(2)3)15-22-23(21)29(18(4)27-22)16-19-10-7-6-8-11-19/h6-8,10-11,14-15,17H,5,9,12-13,16H2,1-4H3,(H,26,31)(H,28,30). The van der Waals surface area contributed by atoms with Gasteiger partial charge in [-0.15, -0.1) is 0 Å². The van der Waals surface area contributed by atoms with E-state index in [1.165, 1.54) is 0 Å². The van der Waals surface area contributed by atoms with Gasteiger partial charge in [-0.05, 0) is 38.0 Å². The van der Waals surface area contributed by atoms with Crippen LogP contribution in [0.15, 0.2) is 42.5 Å². The Labute approximate surface area is 189 Å². The van der Waals surface area contributed by atoms with E-state index in [1.807, 2.05) is 56.5 Å². The van der Waals surface area contributed by atoms with Crippen LogP contribution in [0.5, 0.6) is 0 Å². The van der Waals surface area contributed by atoms with E-state index >= 15 is 0 Å². The second-order valence-corrected chi connectivity index (χ2v) is 8.07. The van der Waals surface area contributed by atoms with Crippen molar-refractivity contribution in [2.24, 2.45) is 5.92 Å². The van der Waals surface area contributed by atoms with Gasteiger partial charge < -0.3 is 19.9 Å². The fourth-order valence-corrected chi connectivity index (χ4v) is 3.49. The maximum absolute atomic E-state index is 13.2. The Morgan fingerprint density at radius 2 is 1.91 bits per heavy atom. The zero-order valence-corrected chi connectivity index (χ0v) is 19.3. The maximum atomic E-state index is 13.2. The van der Waals surface area contributed by atoms with E-state index < -0.39 is 0 Å². The van der Waals surface area contributed by atoms with Crippen molar-refractivity contribution in [3.63, 3.8) is 0 Å². The SMILES string of the molecule is CCOCCCNC(=O)c1cc(NC(=O)C(C)C)cc2nc(C)n(Cc3ccccc3)c12. The van der Waals surface area contributed by atoms with Crippen molar-refractivity contribution >= 4 is 28.5 Å². The van der Waals surface area contributed by atoms with Gasteiger partial charge in [-0.1, -0.05) is 44.2 Å². The van der Waals surface area contributed by atoms with E-state index in [9.17, 15) is 9.59 Å². The summed E-state index contributed by atoms with van der Waals surface area (Å²) < 4.78 is 7.40. The molecule has 0 saturated heterocycles. The van der Waals surface area contributed by atoms with Crippen LogP contribution < -0.4 is 10.6 Å². The third-order valence-corrected chi connectivity index (χ3v) is 5.21. The lowest BCUT2D eigenvalue weighted by molar-refractivity contribution is -0.118. The number of fused-ring (bicyclic) bond motifs is 1. The molecule has 0 aliphatic carbocycles. The van der Waals surface area contributed by atoms with Crippen molar-refractivity contribution in [2.75, 3.05) is 25.1 Å². The minimum atomic E-state index is -0.193. The molecule has 0 saturated carbocycles. The average Bonchev–Trinajstić information content (AvgIpc) is 3.08. The minimum absolute atomic E-state index is 0.104. The van der Waals surface area contributed by atoms with Crippen LogP contribution in [0.3, 0.4) is 0 Å². The van der Waals surface area contributed by atoms with E-state index in [-0.39, 0.29) is 17.7 Å². The smallest absolute Gasteiger partial charge is 0.253 e. The number of aryl methyl sites for hydroxylation is 1. The highest BCUT2D eigenvalue weighted by Gasteiger charge is 2.20. The summed E-state index contributed by atoms with van der Waals surface area (Å²) in [6.45, 7) is 9.91. The number of ether oxygens (including phenoxy) is 1. The van der Waals surface area contributed by atoms with Crippen molar-refractivity contribution in [2.45, 2.75) is 40.7 Å². The number of hydrogen-bond acceptors (Lipinski definition) is 4. The fraction of sp³-hybridized carbons (Fsp3) is 0.400. The Morgan fingerprint density at radius 3 is 2.59 bits per heavy atom. The van der Waals surface area contributed by atoms with Crippen LogP contribution in [-0.2, 0) is 16.1 Å². The van der Waals surface area contributed by atoms with Gasteiger partial charge in [-0.25, -0.2) is 4.98 Å². The zero-order valence-electron chi connectivity index (χ0n) is 19.3. The van der Waals surface area contributed by atoms with Crippen LogP contribution >= 0.6 is 0 Å². The van der Waals surface area contributed by atoms with Gasteiger partial charge >= 0.3 is 0 Å². The number of carbonyl (C=O) groups is 2. The largest absolute Gasteiger partial charge is 0.382 e. The van der Waals surface area contributed by atoms with Crippen LogP contribution in [0.4, 0.5) is 5.69 Å². The predicted molar refractivity (Wildman–Crippen MR) is 127 cm³/mol. The number of nitrogens with one attached hydrogen (secondary N) is 2. The molecule has 32 heavy (non-hydrogen) atoms. The summed E-state index contributed by atoms with van der Waals surface area (Å²) in [5.74, 6) is 0.342. The molecule has 0 bridgehead atoms. The van der Waals surface area contributed by atoms with Gasteiger partial charge in [0.05, 0.1) is 16.6 Å². The van der Waals surface area contributed by atoms with Gasteiger partial charge in [0.2, 0.25) is 5.91 Å². The molecule has 170 valence electrons. The Balaban J connectivity index is 1.98. The number of rotatable bonds is 10. The molecule has 2 amide bonds. The minimum Gasteiger partial charge on any atom is -0.382 e. The summed E-state index contributed by atoms with van der Waals surface area (Å²) in [6, 6.07) is 13.6.